The smallest absolute Gasteiger partial charge is 0.387 e. The fraction of sp³-hybridized carbons (Fsp3) is 0.154. The fourth-order valence-corrected chi connectivity index (χ4v) is 1.81. The summed E-state index contributed by atoms with van der Waals surface area (Å²) in [5.41, 5.74) is 2.73. The summed E-state index contributed by atoms with van der Waals surface area (Å²) in [4.78, 5) is 4.29. The third kappa shape index (κ3) is 3.26. The van der Waals surface area contributed by atoms with Crippen LogP contribution in [0.5, 0.6) is 5.75 Å². The first-order valence-corrected chi connectivity index (χ1v) is 6.37. The van der Waals surface area contributed by atoms with Gasteiger partial charge in [-0.05, 0) is 35.9 Å². The summed E-state index contributed by atoms with van der Waals surface area (Å²) in [6.07, 6.45) is 1.77. The summed E-state index contributed by atoms with van der Waals surface area (Å²) in [7, 11) is 0. The minimum absolute atomic E-state index is 0.144. The van der Waals surface area contributed by atoms with Gasteiger partial charge in [-0.3, -0.25) is 4.98 Å². The molecule has 2 nitrogen and oxygen atoms in total. The monoisotopic (exact) mass is 313 g/mol. The van der Waals surface area contributed by atoms with Gasteiger partial charge in [-0.2, -0.15) is 8.78 Å². The number of hydrogen-bond acceptors (Lipinski definition) is 2. The van der Waals surface area contributed by atoms with Crippen LogP contribution in [0.4, 0.5) is 8.78 Å². The highest BCUT2D eigenvalue weighted by Crippen LogP contribution is 2.22. The van der Waals surface area contributed by atoms with E-state index in [2.05, 4.69) is 25.7 Å². The zero-order valence-electron chi connectivity index (χ0n) is 9.32. The Kier molecular flexibility index (Phi) is 4.25. The van der Waals surface area contributed by atoms with Crippen LogP contribution in [0.3, 0.4) is 0 Å². The van der Waals surface area contributed by atoms with Gasteiger partial charge in [0.1, 0.15) is 5.75 Å². The zero-order chi connectivity index (χ0) is 13.0. The first kappa shape index (κ1) is 13.0. The average molecular weight is 314 g/mol. The van der Waals surface area contributed by atoms with Crippen LogP contribution in [0.1, 0.15) is 5.56 Å². The van der Waals surface area contributed by atoms with Gasteiger partial charge in [-0.25, -0.2) is 0 Å². The van der Waals surface area contributed by atoms with Crippen molar-refractivity contribution in [1.29, 1.82) is 0 Å². The zero-order valence-corrected chi connectivity index (χ0v) is 10.9. The van der Waals surface area contributed by atoms with Crippen LogP contribution >= 0.6 is 15.9 Å². The Morgan fingerprint density at radius 2 is 1.83 bits per heavy atom. The lowest BCUT2D eigenvalue weighted by atomic mass is 10.1. The summed E-state index contributed by atoms with van der Waals surface area (Å²) in [6, 6.07) is 10.3. The quantitative estimate of drug-likeness (QED) is 0.787. The van der Waals surface area contributed by atoms with Gasteiger partial charge < -0.3 is 4.74 Å². The summed E-state index contributed by atoms with van der Waals surface area (Å²) < 4.78 is 28.3. The molecule has 0 aliphatic heterocycles. The summed E-state index contributed by atoms with van der Waals surface area (Å²) in [5, 5.41) is 0.751. The first-order valence-electron chi connectivity index (χ1n) is 5.25. The standard InChI is InChI=1S/C13H10BrF2NO/c14-7-9-1-6-12(17-8-9)10-2-4-11(5-3-10)18-13(15)16/h1-6,8,13H,7H2. The van der Waals surface area contributed by atoms with Gasteiger partial charge in [0.05, 0.1) is 5.69 Å². The van der Waals surface area contributed by atoms with Crippen molar-refractivity contribution in [2.75, 3.05) is 0 Å². The molecule has 1 aromatic carbocycles. The maximum Gasteiger partial charge on any atom is 0.387 e. The number of benzene rings is 1. The van der Waals surface area contributed by atoms with Crippen LogP contribution in [0.15, 0.2) is 42.6 Å². The van der Waals surface area contributed by atoms with E-state index in [-0.39, 0.29) is 5.75 Å². The van der Waals surface area contributed by atoms with Crippen LogP contribution in [0.25, 0.3) is 11.3 Å². The Hall–Kier alpha value is -1.49. The lowest BCUT2D eigenvalue weighted by Crippen LogP contribution is -2.01. The molecule has 5 heteroatoms. The number of rotatable bonds is 4. The van der Waals surface area contributed by atoms with Crippen LogP contribution in [-0.2, 0) is 5.33 Å². The van der Waals surface area contributed by atoms with E-state index in [1.165, 1.54) is 12.1 Å². The van der Waals surface area contributed by atoms with Gasteiger partial charge in [0, 0.05) is 17.1 Å². The van der Waals surface area contributed by atoms with Crippen molar-refractivity contribution < 1.29 is 13.5 Å². The summed E-state index contributed by atoms with van der Waals surface area (Å²) in [6.45, 7) is -2.80. The second-order valence-corrected chi connectivity index (χ2v) is 4.15. The van der Waals surface area contributed by atoms with E-state index >= 15 is 0 Å². The van der Waals surface area contributed by atoms with E-state index in [1.54, 1.807) is 18.3 Å². The second-order valence-electron chi connectivity index (χ2n) is 3.59. The largest absolute Gasteiger partial charge is 0.435 e. The predicted molar refractivity (Wildman–Crippen MR) is 68.9 cm³/mol. The van der Waals surface area contributed by atoms with Gasteiger partial charge >= 0.3 is 6.61 Å². The van der Waals surface area contributed by atoms with Crippen molar-refractivity contribution in [3.63, 3.8) is 0 Å². The number of alkyl halides is 3. The maximum atomic E-state index is 12.0. The van der Waals surface area contributed by atoms with Crippen LogP contribution in [0.2, 0.25) is 0 Å². The molecule has 0 aliphatic carbocycles. The number of aromatic nitrogens is 1. The lowest BCUT2D eigenvalue weighted by molar-refractivity contribution is -0.0498. The van der Waals surface area contributed by atoms with Gasteiger partial charge in [-0.1, -0.05) is 22.0 Å². The van der Waals surface area contributed by atoms with Gasteiger partial charge in [-0.15, -0.1) is 0 Å². The Balaban J connectivity index is 2.17. The Morgan fingerprint density at radius 1 is 1.11 bits per heavy atom. The number of nitrogens with zero attached hydrogens (tertiary/aromatic N) is 1. The van der Waals surface area contributed by atoms with Crippen molar-refractivity contribution >= 4 is 15.9 Å². The minimum atomic E-state index is -2.80. The molecule has 0 unspecified atom stereocenters. The molecule has 94 valence electrons. The van der Waals surface area contributed by atoms with Crippen LogP contribution < -0.4 is 4.74 Å². The Labute approximate surface area is 112 Å². The molecule has 2 rings (SSSR count). The molecule has 1 aromatic heterocycles. The third-order valence-corrected chi connectivity index (χ3v) is 3.00. The van der Waals surface area contributed by atoms with Crippen molar-refractivity contribution in [3.8, 4) is 17.0 Å². The minimum Gasteiger partial charge on any atom is -0.435 e. The molecule has 0 fully saturated rings. The van der Waals surface area contributed by atoms with E-state index < -0.39 is 6.61 Å². The lowest BCUT2D eigenvalue weighted by Gasteiger charge is -2.05. The molecule has 0 N–H and O–H groups in total. The predicted octanol–water partition coefficient (Wildman–Crippen LogP) is 4.24. The molecule has 0 saturated heterocycles. The molecule has 0 saturated carbocycles. The molecule has 1 heterocycles. The first-order chi connectivity index (χ1) is 8.69. The normalized spacial score (nSPS) is 10.7. The van der Waals surface area contributed by atoms with E-state index in [4.69, 9.17) is 0 Å². The molecule has 0 amide bonds. The van der Waals surface area contributed by atoms with Gasteiger partial charge in [0.2, 0.25) is 0 Å². The molecule has 0 bridgehead atoms. The van der Waals surface area contributed by atoms with Crippen LogP contribution in [-0.4, -0.2) is 11.6 Å². The highest BCUT2D eigenvalue weighted by molar-refractivity contribution is 9.08. The molecule has 0 radical (unpaired) electrons. The highest BCUT2D eigenvalue weighted by Gasteiger charge is 2.05. The van der Waals surface area contributed by atoms with Gasteiger partial charge in [0.15, 0.2) is 0 Å². The number of halogens is 3. The topological polar surface area (TPSA) is 22.1 Å². The second kappa shape index (κ2) is 5.91. The Bertz CT molecular complexity index is 499. The molecular formula is C13H10BrF2NO. The van der Waals surface area contributed by atoms with Crippen LogP contribution in [0, 0.1) is 0 Å². The summed E-state index contributed by atoms with van der Waals surface area (Å²) in [5.74, 6) is 0.144. The van der Waals surface area contributed by atoms with E-state index in [0.29, 0.717) is 0 Å². The average Bonchev–Trinajstić information content (AvgIpc) is 2.39. The van der Waals surface area contributed by atoms with E-state index in [0.717, 1.165) is 22.2 Å². The molecule has 18 heavy (non-hydrogen) atoms. The molecule has 0 atom stereocenters. The molecular weight excluding hydrogens is 304 g/mol. The number of pyridine rings is 1. The summed E-state index contributed by atoms with van der Waals surface area (Å²) >= 11 is 3.34. The van der Waals surface area contributed by atoms with E-state index in [9.17, 15) is 8.78 Å². The molecule has 0 aliphatic rings. The number of hydrogen-bond donors (Lipinski definition) is 0. The Morgan fingerprint density at radius 3 is 2.33 bits per heavy atom. The molecule has 0 spiro atoms. The third-order valence-electron chi connectivity index (χ3n) is 2.35. The maximum absolute atomic E-state index is 12.0. The van der Waals surface area contributed by atoms with Crippen molar-refractivity contribution in [1.82, 2.24) is 4.98 Å². The van der Waals surface area contributed by atoms with E-state index in [1.807, 2.05) is 12.1 Å². The number of ether oxygens (including phenoxy) is 1. The van der Waals surface area contributed by atoms with Crippen molar-refractivity contribution in [2.24, 2.45) is 0 Å². The van der Waals surface area contributed by atoms with Gasteiger partial charge in [0.25, 0.3) is 0 Å². The highest BCUT2D eigenvalue weighted by atomic mass is 79.9. The van der Waals surface area contributed by atoms with Crippen molar-refractivity contribution in [2.45, 2.75) is 11.9 Å². The molecule has 2 aromatic rings. The SMILES string of the molecule is FC(F)Oc1ccc(-c2ccc(CBr)cn2)cc1. The fourth-order valence-electron chi connectivity index (χ4n) is 1.48. The van der Waals surface area contributed by atoms with Crippen molar-refractivity contribution in [3.05, 3.63) is 48.2 Å².